The number of sulfonamides is 1. The highest BCUT2D eigenvalue weighted by Gasteiger charge is 2.19. The Morgan fingerprint density at radius 3 is 2.62 bits per heavy atom. The fraction of sp³-hybridized carbons (Fsp3) is 0. The summed E-state index contributed by atoms with van der Waals surface area (Å²) in [5.41, 5.74) is 0.653. The van der Waals surface area contributed by atoms with E-state index in [1.165, 1.54) is 30.5 Å². The number of nitrogens with two attached hydrogens (primary N) is 1. The third-order valence-electron chi connectivity index (χ3n) is 2.02. The van der Waals surface area contributed by atoms with Crippen molar-refractivity contribution in [3.8, 4) is 11.1 Å². The van der Waals surface area contributed by atoms with Crippen molar-refractivity contribution >= 4 is 10.0 Å². The van der Waals surface area contributed by atoms with Crippen molar-refractivity contribution in [3.63, 3.8) is 0 Å². The van der Waals surface area contributed by atoms with Crippen LogP contribution in [0.2, 0.25) is 0 Å². The molecular formula is C10H8FNO3S. The Hall–Kier alpha value is -1.66. The van der Waals surface area contributed by atoms with Crippen LogP contribution in [0.3, 0.4) is 0 Å². The smallest absolute Gasteiger partial charge is 0.272 e. The average molecular weight is 241 g/mol. The fourth-order valence-electron chi connectivity index (χ4n) is 1.39. The lowest BCUT2D eigenvalue weighted by molar-refractivity contribution is 0.452. The fourth-order valence-corrected chi connectivity index (χ4v) is 2.07. The summed E-state index contributed by atoms with van der Waals surface area (Å²) in [5, 5.41) is 4.60. The second-order valence-corrected chi connectivity index (χ2v) is 4.64. The first-order chi connectivity index (χ1) is 7.48. The van der Waals surface area contributed by atoms with E-state index in [2.05, 4.69) is 0 Å². The van der Waals surface area contributed by atoms with Gasteiger partial charge in [-0.15, -0.1) is 0 Å². The number of benzene rings is 1. The summed E-state index contributed by atoms with van der Waals surface area (Å²) in [6.45, 7) is 0. The minimum Gasteiger partial charge on any atom is -0.451 e. The minimum absolute atomic E-state index is 0.252. The van der Waals surface area contributed by atoms with Crippen molar-refractivity contribution in [1.82, 2.24) is 0 Å². The molecule has 0 fully saturated rings. The number of rotatable bonds is 2. The van der Waals surface area contributed by atoms with Crippen LogP contribution in [0.25, 0.3) is 11.1 Å². The highest BCUT2D eigenvalue weighted by molar-refractivity contribution is 7.89. The Balaban J connectivity index is 2.62. The third-order valence-corrected chi connectivity index (χ3v) is 2.86. The van der Waals surface area contributed by atoms with Crippen LogP contribution in [-0.2, 0) is 10.0 Å². The maximum atomic E-state index is 13.0. The lowest BCUT2D eigenvalue weighted by atomic mass is 10.1. The van der Waals surface area contributed by atoms with Gasteiger partial charge >= 0.3 is 0 Å². The van der Waals surface area contributed by atoms with Crippen molar-refractivity contribution in [2.45, 2.75) is 5.09 Å². The first-order valence-corrected chi connectivity index (χ1v) is 5.89. The average Bonchev–Trinajstić information content (AvgIpc) is 2.65. The highest BCUT2D eigenvalue weighted by atomic mass is 32.2. The van der Waals surface area contributed by atoms with Gasteiger partial charge in [0, 0.05) is 5.56 Å². The molecule has 0 aliphatic rings. The Morgan fingerprint density at radius 2 is 2.00 bits per heavy atom. The molecule has 0 radical (unpaired) electrons. The van der Waals surface area contributed by atoms with E-state index in [1.807, 2.05) is 0 Å². The van der Waals surface area contributed by atoms with Crippen molar-refractivity contribution in [2.24, 2.45) is 5.14 Å². The number of hydrogen-bond acceptors (Lipinski definition) is 3. The van der Waals surface area contributed by atoms with Gasteiger partial charge in [0.25, 0.3) is 10.0 Å². The second-order valence-electron chi connectivity index (χ2n) is 3.18. The SMILES string of the molecule is NS(=O)(=O)c1occc1-c1cccc(F)c1. The number of hydrogen-bond donors (Lipinski definition) is 1. The van der Waals surface area contributed by atoms with Gasteiger partial charge in [-0.1, -0.05) is 12.1 Å². The zero-order valence-corrected chi connectivity index (χ0v) is 8.87. The first kappa shape index (κ1) is 10.8. The molecule has 1 aromatic heterocycles. The lowest BCUT2D eigenvalue weighted by Gasteiger charge is -2.00. The van der Waals surface area contributed by atoms with Gasteiger partial charge in [-0.3, -0.25) is 0 Å². The summed E-state index contributed by atoms with van der Waals surface area (Å²) in [6.07, 6.45) is 1.19. The van der Waals surface area contributed by atoms with Crippen LogP contribution < -0.4 is 5.14 Å². The molecule has 0 aliphatic carbocycles. The van der Waals surface area contributed by atoms with Crippen LogP contribution >= 0.6 is 0 Å². The Labute approximate surface area is 91.5 Å². The van der Waals surface area contributed by atoms with Gasteiger partial charge in [-0.05, 0) is 23.8 Å². The van der Waals surface area contributed by atoms with Crippen LogP contribution in [0.1, 0.15) is 0 Å². The monoisotopic (exact) mass is 241 g/mol. The molecule has 6 heteroatoms. The maximum Gasteiger partial charge on any atom is 0.272 e. The van der Waals surface area contributed by atoms with E-state index in [0.29, 0.717) is 5.56 Å². The van der Waals surface area contributed by atoms with Crippen LogP contribution in [0.15, 0.2) is 46.1 Å². The number of primary sulfonamides is 1. The summed E-state index contributed by atoms with van der Waals surface area (Å²) in [5.74, 6) is -0.459. The lowest BCUT2D eigenvalue weighted by Crippen LogP contribution is -2.12. The van der Waals surface area contributed by atoms with Crippen molar-refractivity contribution in [2.75, 3.05) is 0 Å². The predicted octanol–water partition coefficient (Wildman–Crippen LogP) is 1.73. The van der Waals surface area contributed by atoms with Gasteiger partial charge in [-0.25, -0.2) is 17.9 Å². The maximum absolute atomic E-state index is 13.0. The van der Waals surface area contributed by atoms with Crippen LogP contribution in [-0.4, -0.2) is 8.42 Å². The second kappa shape index (κ2) is 3.73. The molecule has 0 amide bonds. The molecule has 2 rings (SSSR count). The highest BCUT2D eigenvalue weighted by Crippen LogP contribution is 2.27. The number of furan rings is 1. The molecule has 0 saturated carbocycles. The molecule has 0 bridgehead atoms. The molecule has 0 spiro atoms. The summed E-state index contributed by atoms with van der Waals surface area (Å²) >= 11 is 0. The van der Waals surface area contributed by atoms with Crippen LogP contribution in [0.5, 0.6) is 0 Å². The summed E-state index contributed by atoms with van der Waals surface area (Å²) in [4.78, 5) is 0. The van der Waals surface area contributed by atoms with Crippen LogP contribution in [0.4, 0.5) is 4.39 Å². The quantitative estimate of drug-likeness (QED) is 0.870. The third kappa shape index (κ3) is 1.98. The molecule has 1 heterocycles. The van der Waals surface area contributed by atoms with E-state index in [0.717, 1.165) is 0 Å². The van der Waals surface area contributed by atoms with Gasteiger partial charge in [0.05, 0.1) is 6.26 Å². The molecular weight excluding hydrogens is 233 g/mol. The van der Waals surface area contributed by atoms with Gasteiger partial charge in [0.2, 0.25) is 5.09 Å². The zero-order valence-electron chi connectivity index (χ0n) is 8.05. The van der Waals surface area contributed by atoms with Crippen molar-refractivity contribution < 1.29 is 17.2 Å². The topological polar surface area (TPSA) is 73.3 Å². The molecule has 1 aromatic carbocycles. The molecule has 16 heavy (non-hydrogen) atoms. The molecule has 0 aliphatic heterocycles. The normalized spacial score (nSPS) is 11.6. The van der Waals surface area contributed by atoms with Gasteiger partial charge in [0.15, 0.2) is 0 Å². The van der Waals surface area contributed by atoms with Gasteiger partial charge in [-0.2, -0.15) is 0 Å². The first-order valence-electron chi connectivity index (χ1n) is 4.35. The predicted molar refractivity (Wildman–Crippen MR) is 55.5 cm³/mol. The zero-order chi connectivity index (χ0) is 11.8. The molecule has 4 nitrogen and oxygen atoms in total. The van der Waals surface area contributed by atoms with E-state index < -0.39 is 15.8 Å². The molecule has 0 atom stereocenters. The van der Waals surface area contributed by atoms with Crippen molar-refractivity contribution in [3.05, 3.63) is 42.4 Å². The Bertz CT molecular complexity index is 618. The van der Waals surface area contributed by atoms with E-state index >= 15 is 0 Å². The van der Waals surface area contributed by atoms with Crippen LogP contribution in [0, 0.1) is 5.82 Å². The molecule has 0 unspecified atom stereocenters. The number of halogens is 1. The van der Waals surface area contributed by atoms with E-state index in [1.54, 1.807) is 6.07 Å². The largest absolute Gasteiger partial charge is 0.451 e. The Kier molecular flexibility index (Phi) is 2.53. The molecule has 2 aromatic rings. The summed E-state index contributed by atoms with van der Waals surface area (Å²) in [6, 6.07) is 6.95. The minimum atomic E-state index is -3.94. The molecule has 2 N–H and O–H groups in total. The molecule has 0 saturated heterocycles. The summed E-state index contributed by atoms with van der Waals surface area (Å²) in [7, 11) is -3.94. The van der Waals surface area contributed by atoms with E-state index in [9.17, 15) is 12.8 Å². The molecule has 84 valence electrons. The van der Waals surface area contributed by atoms with E-state index in [4.69, 9.17) is 9.56 Å². The van der Waals surface area contributed by atoms with Crippen molar-refractivity contribution in [1.29, 1.82) is 0 Å². The van der Waals surface area contributed by atoms with Gasteiger partial charge in [0.1, 0.15) is 5.82 Å². The summed E-state index contributed by atoms with van der Waals surface area (Å²) < 4.78 is 40.1. The van der Waals surface area contributed by atoms with E-state index in [-0.39, 0.29) is 10.7 Å². The Morgan fingerprint density at radius 1 is 1.25 bits per heavy atom. The van der Waals surface area contributed by atoms with Gasteiger partial charge < -0.3 is 4.42 Å². The standard InChI is InChI=1S/C10H8FNO3S/c11-8-3-1-2-7(6-8)9-4-5-15-10(9)16(12,13)14/h1-6H,(H2,12,13,14).